The van der Waals surface area contributed by atoms with E-state index in [0.717, 1.165) is 0 Å². The van der Waals surface area contributed by atoms with Crippen molar-refractivity contribution in [3.8, 4) is 0 Å². The summed E-state index contributed by atoms with van der Waals surface area (Å²) in [5.74, 6) is -1.36. The van der Waals surface area contributed by atoms with Gasteiger partial charge in [-0.15, -0.1) is 0 Å². The number of amides is 1. The quantitative estimate of drug-likeness (QED) is 0.775. The van der Waals surface area contributed by atoms with E-state index in [4.69, 9.17) is 4.74 Å². The molecule has 0 unspecified atom stereocenters. The van der Waals surface area contributed by atoms with Crippen molar-refractivity contribution in [2.45, 2.75) is 45.4 Å². The molecular formula is C14H20N2O5. The van der Waals surface area contributed by atoms with Gasteiger partial charge < -0.3 is 20.3 Å². The third-order valence-electron chi connectivity index (χ3n) is 2.62. The molecule has 2 atom stereocenters. The van der Waals surface area contributed by atoms with E-state index in [9.17, 15) is 19.8 Å². The number of aliphatic hydroxyl groups is 1. The number of nitrogens with zero attached hydrogens (tertiary/aromatic N) is 1. The Bertz CT molecular complexity index is 524. The molecule has 1 rings (SSSR count). The van der Waals surface area contributed by atoms with Crippen LogP contribution < -0.4 is 5.32 Å². The van der Waals surface area contributed by atoms with Crippen molar-refractivity contribution in [1.82, 2.24) is 10.3 Å². The van der Waals surface area contributed by atoms with Gasteiger partial charge >= 0.3 is 12.1 Å². The van der Waals surface area contributed by atoms with Crippen LogP contribution in [-0.2, 0) is 9.53 Å². The van der Waals surface area contributed by atoms with Crippen molar-refractivity contribution in [3.63, 3.8) is 0 Å². The molecule has 0 saturated heterocycles. The summed E-state index contributed by atoms with van der Waals surface area (Å²) in [7, 11) is 0. The van der Waals surface area contributed by atoms with E-state index in [0.29, 0.717) is 11.3 Å². The van der Waals surface area contributed by atoms with Gasteiger partial charge in [0, 0.05) is 17.5 Å². The maximum atomic E-state index is 11.7. The van der Waals surface area contributed by atoms with Crippen molar-refractivity contribution in [2.75, 3.05) is 0 Å². The highest BCUT2D eigenvalue weighted by Gasteiger charge is 2.32. The predicted molar refractivity (Wildman–Crippen MR) is 74.7 cm³/mol. The van der Waals surface area contributed by atoms with E-state index in [1.54, 1.807) is 39.8 Å². The van der Waals surface area contributed by atoms with Gasteiger partial charge in [-0.25, -0.2) is 9.59 Å². The summed E-state index contributed by atoms with van der Waals surface area (Å²) in [4.78, 5) is 26.9. The Balaban J connectivity index is 2.90. The normalized spacial score (nSPS) is 14.1. The molecule has 0 fully saturated rings. The number of carbonyl (C=O) groups is 2. The van der Waals surface area contributed by atoms with Crippen LogP contribution in [0.4, 0.5) is 4.79 Å². The molecule has 21 heavy (non-hydrogen) atoms. The van der Waals surface area contributed by atoms with Crippen LogP contribution in [0.1, 0.15) is 38.1 Å². The van der Waals surface area contributed by atoms with Gasteiger partial charge in [0.05, 0.1) is 0 Å². The second kappa shape index (κ2) is 6.53. The first kappa shape index (κ1) is 16.9. The number of aromatic nitrogens is 1. The van der Waals surface area contributed by atoms with E-state index in [1.165, 1.54) is 6.20 Å². The van der Waals surface area contributed by atoms with Crippen LogP contribution >= 0.6 is 0 Å². The van der Waals surface area contributed by atoms with Gasteiger partial charge in [0.25, 0.3) is 0 Å². The topological polar surface area (TPSA) is 109 Å². The molecule has 0 aliphatic carbocycles. The Labute approximate surface area is 123 Å². The van der Waals surface area contributed by atoms with Crippen LogP contribution in [-0.4, -0.2) is 38.9 Å². The summed E-state index contributed by atoms with van der Waals surface area (Å²) in [5.41, 5.74) is 0.0608. The van der Waals surface area contributed by atoms with Crippen LogP contribution in [0.3, 0.4) is 0 Å². The fraction of sp³-hybridized carbons (Fsp3) is 0.500. The minimum absolute atomic E-state index is 0.334. The number of carboxylic acids is 1. The van der Waals surface area contributed by atoms with Crippen molar-refractivity contribution >= 4 is 12.1 Å². The molecule has 0 spiro atoms. The highest BCUT2D eigenvalue weighted by molar-refractivity contribution is 5.81. The van der Waals surface area contributed by atoms with E-state index in [-0.39, 0.29) is 0 Å². The molecule has 0 aliphatic heterocycles. The SMILES string of the molecule is Cc1ncccc1[C@H](O)[C@H](NC(=O)OC(C)(C)C)C(=O)O. The van der Waals surface area contributed by atoms with Gasteiger partial charge in [0.2, 0.25) is 0 Å². The molecule has 116 valence electrons. The van der Waals surface area contributed by atoms with Crippen LogP contribution in [0, 0.1) is 6.92 Å². The number of carboxylic acid groups (broad SMARTS) is 1. The monoisotopic (exact) mass is 296 g/mol. The van der Waals surface area contributed by atoms with E-state index in [1.807, 2.05) is 0 Å². The lowest BCUT2D eigenvalue weighted by atomic mass is 10.0. The predicted octanol–water partition coefficient (Wildman–Crippen LogP) is 1.40. The standard InChI is InChI=1S/C14H20N2O5/c1-8-9(6-5-7-15-8)11(17)10(12(18)19)16-13(20)21-14(2,3)4/h5-7,10-11,17H,1-4H3,(H,16,20)(H,18,19)/t10-,11-/m0/s1. The van der Waals surface area contributed by atoms with Crippen LogP contribution in [0.2, 0.25) is 0 Å². The third-order valence-corrected chi connectivity index (χ3v) is 2.62. The zero-order chi connectivity index (χ0) is 16.2. The average molecular weight is 296 g/mol. The maximum Gasteiger partial charge on any atom is 0.408 e. The van der Waals surface area contributed by atoms with Gasteiger partial charge in [-0.05, 0) is 33.8 Å². The smallest absolute Gasteiger partial charge is 0.408 e. The third kappa shape index (κ3) is 5.03. The Morgan fingerprint density at radius 2 is 2.00 bits per heavy atom. The molecule has 1 amide bonds. The van der Waals surface area contributed by atoms with Gasteiger partial charge in [-0.1, -0.05) is 6.07 Å². The Hall–Kier alpha value is -2.15. The number of pyridine rings is 1. The molecule has 7 heteroatoms. The number of ether oxygens (including phenoxy) is 1. The Morgan fingerprint density at radius 1 is 1.38 bits per heavy atom. The van der Waals surface area contributed by atoms with Crippen LogP contribution in [0.5, 0.6) is 0 Å². The lowest BCUT2D eigenvalue weighted by Gasteiger charge is -2.24. The first-order chi connectivity index (χ1) is 9.61. The minimum Gasteiger partial charge on any atom is -0.480 e. The van der Waals surface area contributed by atoms with Crippen molar-refractivity contribution in [3.05, 3.63) is 29.6 Å². The summed E-state index contributed by atoms with van der Waals surface area (Å²) in [6, 6.07) is 1.61. The van der Waals surface area contributed by atoms with Gasteiger partial charge in [-0.2, -0.15) is 0 Å². The van der Waals surface area contributed by atoms with Crippen LogP contribution in [0.15, 0.2) is 18.3 Å². The Kier molecular flexibility index (Phi) is 5.26. The molecule has 1 heterocycles. The molecule has 3 N–H and O–H groups in total. The molecule has 0 saturated carbocycles. The van der Waals surface area contributed by atoms with Gasteiger partial charge in [0.1, 0.15) is 11.7 Å². The first-order valence-corrected chi connectivity index (χ1v) is 6.43. The number of hydrogen-bond donors (Lipinski definition) is 3. The highest BCUT2D eigenvalue weighted by Crippen LogP contribution is 2.20. The van der Waals surface area contributed by atoms with E-state index in [2.05, 4.69) is 10.3 Å². The number of aliphatic hydroxyl groups excluding tert-OH is 1. The molecule has 0 aliphatic rings. The first-order valence-electron chi connectivity index (χ1n) is 6.43. The minimum atomic E-state index is -1.53. The zero-order valence-electron chi connectivity index (χ0n) is 12.5. The molecule has 1 aromatic heterocycles. The van der Waals surface area contributed by atoms with Gasteiger partial charge in [0.15, 0.2) is 6.04 Å². The van der Waals surface area contributed by atoms with Crippen molar-refractivity contribution in [2.24, 2.45) is 0 Å². The van der Waals surface area contributed by atoms with E-state index < -0.39 is 29.8 Å². The molecule has 0 radical (unpaired) electrons. The zero-order valence-corrected chi connectivity index (χ0v) is 12.5. The summed E-state index contributed by atoms with van der Waals surface area (Å²) in [5, 5.41) is 21.5. The second-order valence-electron chi connectivity index (χ2n) is 5.59. The number of alkyl carbamates (subject to hydrolysis) is 1. The largest absolute Gasteiger partial charge is 0.480 e. The number of hydrogen-bond acceptors (Lipinski definition) is 5. The van der Waals surface area contributed by atoms with Crippen molar-refractivity contribution < 1.29 is 24.5 Å². The maximum absolute atomic E-state index is 11.7. The summed E-state index contributed by atoms with van der Waals surface area (Å²) in [6.45, 7) is 6.61. The number of rotatable bonds is 4. The second-order valence-corrected chi connectivity index (χ2v) is 5.59. The lowest BCUT2D eigenvalue weighted by Crippen LogP contribution is -2.47. The summed E-state index contributed by atoms with van der Waals surface area (Å²) in [6.07, 6.45) is -0.804. The Morgan fingerprint density at radius 3 is 2.48 bits per heavy atom. The van der Waals surface area contributed by atoms with Crippen molar-refractivity contribution in [1.29, 1.82) is 0 Å². The fourth-order valence-electron chi connectivity index (χ4n) is 1.70. The summed E-state index contributed by atoms with van der Waals surface area (Å²) >= 11 is 0. The fourth-order valence-corrected chi connectivity index (χ4v) is 1.70. The number of carbonyl (C=O) groups excluding carboxylic acids is 1. The lowest BCUT2D eigenvalue weighted by molar-refractivity contribution is -0.142. The van der Waals surface area contributed by atoms with Gasteiger partial charge in [-0.3, -0.25) is 4.98 Å². The molecule has 1 aromatic rings. The molecule has 0 bridgehead atoms. The van der Waals surface area contributed by atoms with Crippen LogP contribution in [0.25, 0.3) is 0 Å². The van der Waals surface area contributed by atoms with E-state index >= 15 is 0 Å². The number of aryl methyl sites for hydroxylation is 1. The number of nitrogens with one attached hydrogen (secondary N) is 1. The highest BCUT2D eigenvalue weighted by atomic mass is 16.6. The molecule has 7 nitrogen and oxygen atoms in total. The molecule has 0 aromatic carbocycles. The molecular weight excluding hydrogens is 276 g/mol. The number of aliphatic carboxylic acids is 1. The average Bonchev–Trinajstić information content (AvgIpc) is 2.33. The summed E-state index contributed by atoms with van der Waals surface area (Å²) < 4.78 is 4.99.